The van der Waals surface area contributed by atoms with E-state index in [9.17, 15) is 0 Å². The summed E-state index contributed by atoms with van der Waals surface area (Å²) < 4.78 is 0.842. The Bertz CT molecular complexity index is 514. The van der Waals surface area contributed by atoms with Gasteiger partial charge < -0.3 is 0 Å². The number of rotatable bonds is 1. The summed E-state index contributed by atoms with van der Waals surface area (Å²) in [5.41, 5.74) is 2.43. The third kappa shape index (κ3) is 2.03. The van der Waals surface area contributed by atoms with Crippen LogP contribution in [-0.4, -0.2) is 9.97 Å². The lowest BCUT2D eigenvalue weighted by atomic mass is 10.1. The zero-order valence-electron chi connectivity index (χ0n) is 7.68. The second kappa shape index (κ2) is 4.20. The van der Waals surface area contributed by atoms with Crippen LogP contribution in [0.25, 0.3) is 11.3 Å². The molecule has 0 saturated carbocycles. The Kier molecular flexibility index (Phi) is 2.75. The van der Waals surface area contributed by atoms with Gasteiger partial charge in [0.1, 0.15) is 6.33 Å². The zero-order valence-corrected chi connectivity index (χ0v) is 9.27. The van der Waals surface area contributed by atoms with Crippen LogP contribution in [-0.2, 0) is 0 Å². The first-order valence-electron chi connectivity index (χ1n) is 4.27. The molecule has 0 N–H and O–H groups in total. The van der Waals surface area contributed by atoms with Crippen LogP contribution in [0.1, 0.15) is 5.56 Å². The second-order valence-electron chi connectivity index (χ2n) is 2.91. The molecule has 2 rings (SSSR count). The molecule has 4 heteroatoms. The lowest BCUT2D eigenvalue weighted by Crippen LogP contribution is -1.86. The first-order valence-corrected chi connectivity index (χ1v) is 5.06. The fourth-order valence-electron chi connectivity index (χ4n) is 1.23. The number of nitriles is 1. The summed E-state index contributed by atoms with van der Waals surface area (Å²) in [6.45, 7) is 0. The third-order valence-corrected chi connectivity index (χ3v) is 2.54. The monoisotopic (exact) mass is 259 g/mol. The number of nitrogens with zero attached hydrogens (tertiary/aromatic N) is 3. The van der Waals surface area contributed by atoms with Crippen molar-refractivity contribution in [3.05, 3.63) is 46.8 Å². The largest absolute Gasteiger partial charge is 0.244 e. The molecule has 72 valence electrons. The molecule has 0 spiro atoms. The molecule has 0 saturated heterocycles. The van der Waals surface area contributed by atoms with Gasteiger partial charge in [-0.1, -0.05) is 12.1 Å². The second-order valence-corrected chi connectivity index (χ2v) is 3.76. The van der Waals surface area contributed by atoms with Gasteiger partial charge in [-0.05, 0) is 28.1 Å². The quantitative estimate of drug-likeness (QED) is 0.792. The van der Waals surface area contributed by atoms with Gasteiger partial charge in [-0.25, -0.2) is 9.97 Å². The molecule has 0 amide bonds. The maximum absolute atomic E-state index is 8.67. The Morgan fingerprint density at radius 2 is 1.93 bits per heavy atom. The summed E-state index contributed by atoms with van der Waals surface area (Å²) in [7, 11) is 0. The summed E-state index contributed by atoms with van der Waals surface area (Å²) in [4.78, 5) is 8.06. The van der Waals surface area contributed by atoms with Crippen molar-refractivity contribution in [2.24, 2.45) is 0 Å². The van der Waals surface area contributed by atoms with E-state index in [1.54, 1.807) is 18.3 Å². The van der Waals surface area contributed by atoms with Crippen molar-refractivity contribution in [2.75, 3.05) is 0 Å². The molecule has 3 nitrogen and oxygen atoms in total. The van der Waals surface area contributed by atoms with Gasteiger partial charge in [0, 0.05) is 11.8 Å². The maximum atomic E-state index is 8.67. The predicted octanol–water partition coefficient (Wildman–Crippen LogP) is 2.78. The Labute approximate surface area is 95.6 Å². The van der Waals surface area contributed by atoms with Crippen LogP contribution in [0.3, 0.4) is 0 Å². The molecule has 1 aromatic heterocycles. The van der Waals surface area contributed by atoms with Gasteiger partial charge >= 0.3 is 0 Å². The third-order valence-electron chi connectivity index (χ3n) is 1.96. The van der Waals surface area contributed by atoms with E-state index in [0.29, 0.717) is 5.56 Å². The van der Waals surface area contributed by atoms with Crippen molar-refractivity contribution < 1.29 is 0 Å². The molecule has 0 atom stereocenters. The molecule has 0 aliphatic heterocycles. The Morgan fingerprint density at radius 3 is 2.53 bits per heavy atom. The van der Waals surface area contributed by atoms with Crippen LogP contribution in [0.5, 0.6) is 0 Å². The molecule has 0 radical (unpaired) electrons. The van der Waals surface area contributed by atoms with Crippen molar-refractivity contribution in [1.29, 1.82) is 5.26 Å². The minimum atomic E-state index is 0.643. The van der Waals surface area contributed by atoms with Gasteiger partial charge in [-0.2, -0.15) is 5.26 Å². The van der Waals surface area contributed by atoms with Crippen LogP contribution < -0.4 is 0 Å². The fourth-order valence-corrected chi connectivity index (χ4v) is 1.68. The number of hydrogen-bond acceptors (Lipinski definition) is 3. The Balaban J connectivity index is 2.47. The zero-order chi connectivity index (χ0) is 10.7. The van der Waals surface area contributed by atoms with Gasteiger partial charge in [0.05, 0.1) is 21.8 Å². The average Bonchev–Trinajstić information content (AvgIpc) is 2.30. The van der Waals surface area contributed by atoms with Crippen LogP contribution in [0, 0.1) is 11.3 Å². The minimum absolute atomic E-state index is 0.643. The van der Waals surface area contributed by atoms with Crippen molar-refractivity contribution in [3.8, 4) is 17.3 Å². The van der Waals surface area contributed by atoms with E-state index in [-0.39, 0.29) is 0 Å². The normalized spacial score (nSPS) is 9.60. The summed E-state index contributed by atoms with van der Waals surface area (Å²) in [6.07, 6.45) is 3.19. The van der Waals surface area contributed by atoms with Gasteiger partial charge in [0.25, 0.3) is 0 Å². The molecule has 0 aliphatic carbocycles. The van der Waals surface area contributed by atoms with Gasteiger partial charge in [0.15, 0.2) is 0 Å². The number of halogens is 1. The molecular weight excluding hydrogens is 254 g/mol. The van der Waals surface area contributed by atoms with Crippen LogP contribution in [0.2, 0.25) is 0 Å². The van der Waals surface area contributed by atoms with Crippen LogP contribution >= 0.6 is 15.9 Å². The highest BCUT2D eigenvalue weighted by Gasteiger charge is 2.03. The van der Waals surface area contributed by atoms with Crippen molar-refractivity contribution >= 4 is 15.9 Å². The summed E-state index contributed by atoms with van der Waals surface area (Å²) in [5.74, 6) is 0. The van der Waals surface area contributed by atoms with E-state index in [0.717, 1.165) is 15.7 Å². The first kappa shape index (κ1) is 9.81. The van der Waals surface area contributed by atoms with E-state index in [1.165, 1.54) is 6.33 Å². The van der Waals surface area contributed by atoms with Crippen molar-refractivity contribution in [3.63, 3.8) is 0 Å². The smallest absolute Gasteiger partial charge is 0.116 e. The minimum Gasteiger partial charge on any atom is -0.244 e. The fraction of sp³-hybridized carbons (Fsp3) is 0. The topological polar surface area (TPSA) is 49.6 Å². The summed E-state index contributed by atoms with van der Waals surface area (Å²) >= 11 is 3.38. The SMILES string of the molecule is N#Cc1ccc(-c2ncncc2Br)cc1. The lowest BCUT2D eigenvalue weighted by Gasteiger charge is -2.01. The molecule has 0 fully saturated rings. The van der Waals surface area contributed by atoms with E-state index in [4.69, 9.17) is 5.26 Å². The highest BCUT2D eigenvalue weighted by molar-refractivity contribution is 9.10. The highest BCUT2D eigenvalue weighted by Crippen LogP contribution is 2.24. The molecule has 1 heterocycles. The van der Waals surface area contributed by atoms with E-state index < -0.39 is 0 Å². The van der Waals surface area contributed by atoms with Crippen molar-refractivity contribution in [1.82, 2.24) is 9.97 Å². The molecule has 2 aromatic rings. The number of hydrogen-bond donors (Lipinski definition) is 0. The first-order chi connectivity index (χ1) is 7.31. The van der Waals surface area contributed by atoms with E-state index in [1.807, 2.05) is 12.1 Å². The molecule has 1 aromatic carbocycles. The standard InChI is InChI=1S/C11H6BrN3/c12-10-6-14-7-15-11(10)9-3-1-8(5-13)2-4-9/h1-4,6-7H. The summed E-state index contributed by atoms with van der Waals surface area (Å²) in [5, 5.41) is 8.67. The van der Waals surface area contributed by atoms with Crippen LogP contribution in [0.15, 0.2) is 41.3 Å². The molecule has 15 heavy (non-hydrogen) atoms. The van der Waals surface area contributed by atoms with Gasteiger partial charge in [-0.3, -0.25) is 0 Å². The lowest BCUT2D eigenvalue weighted by molar-refractivity contribution is 1.16. The Hall–Kier alpha value is -1.73. The van der Waals surface area contributed by atoms with Crippen molar-refractivity contribution in [2.45, 2.75) is 0 Å². The molecule has 0 aliphatic rings. The van der Waals surface area contributed by atoms with Gasteiger partial charge in [-0.15, -0.1) is 0 Å². The number of aromatic nitrogens is 2. The number of benzene rings is 1. The maximum Gasteiger partial charge on any atom is 0.116 e. The molecule has 0 bridgehead atoms. The molecule has 0 unspecified atom stereocenters. The highest BCUT2D eigenvalue weighted by atomic mass is 79.9. The average molecular weight is 260 g/mol. The van der Waals surface area contributed by atoms with Crippen LogP contribution in [0.4, 0.5) is 0 Å². The predicted molar refractivity (Wildman–Crippen MR) is 59.9 cm³/mol. The Morgan fingerprint density at radius 1 is 1.20 bits per heavy atom. The van der Waals surface area contributed by atoms with E-state index >= 15 is 0 Å². The molecular formula is C11H6BrN3. The summed E-state index contributed by atoms with van der Waals surface area (Å²) in [6, 6.07) is 9.34. The van der Waals surface area contributed by atoms with E-state index in [2.05, 4.69) is 32.0 Å². The van der Waals surface area contributed by atoms with Gasteiger partial charge in [0.2, 0.25) is 0 Å².